The van der Waals surface area contributed by atoms with Gasteiger partial charge in [0.15, 0.2) is 11.5 Å². The van der Waals surface area contributed by atoms with Gasteiger partial charge in [-0.3, -0.25) is 15.0 Å². The van der Waals surface area contributed by atoms with Gasteiger partial charge in [0.05, 0.1) is 40.9 Å². The number of pyridine rings is 4. The summed E-state index contributed by atoms with van der Waals surface area (Å²) in [6.45, 7) is 1.95. The predicted molar refractivity (Wildman–Crippen MR) is 139 cm³/mol. The van der Waals surface area contributed by atoms with Crippen LogP contribution in [0.3, 0.4) is 0 Å². The molecular weight excluding hydrogens is 450 g/mol. The van der Waals surface area contributed by atoms with Crippen LogP contribution in [0.2, 0.25) is 0 Å². The average molecular weight is 470 g/mol. The number of benzene rings is 1. The van der Waals surface area contributed by atoms with Crippen molar-refractivity contribution in [1.82, 2.24) is 29.9 Å². The molecule has 0 saturated heterocycles. The van der Waals surface area contributed by atoms with E-state index in [0.717, 1.165) is 44.9 Å². The number of aromatic nitrogens is 6. The van der Waals surface area contributed by atoms with Crippen molar-refractivity contribution in [1.29, 1.82) is 5.26 Å². The quantitative estimate of drug-likeness (QED) is 0.296. The summed E-state index contributed by atoms with van der Waals surface area (Å²) >= 11 is 0. The lowest BCUT2D eigenvalue weighted by Gasteiger charge is -2.09. The van der Waals surface area contributed by atoms with Gasteiger partial charge in [0, 0.05) is 34.8 Å². The van der Waals surface area contributed by atoms with Crippen molar-refractivity contribution in [3.63, 3.8) is 0 Å². The molecule has 0 atom stereocenters. The molecule has 0 radical (unpaired) electrons. The minimum atomic E-state index is 0.583. The number of hydrogen-bond donors (Lipinski definition) is 3. The number of fused-ring (bicyclic) bond motifs is 2. The lowest BCUT2D eigenvalue weighted by atomic mass is 10.1. The van der Waals surface area contributed by atoms with Gasteiger partial charge in [-0.15, -0.1) is 0 Å². The van der Waals surface area contributed by atoms with Crippen LogP contribution in [0.5, 0.6) is 0 Å². The first-order valence-corrected chi connectivity index (χ1v) is 11.2. The van der Waals surface area contributed by atoms with Crippen LogP contribution in [0.25, 0.3) is 33.6 Å². The summed E-state index contributed by atoms with van der Waals surface area (Å²) in [6, 6.07) is 19.1. The molecule has 5 heterocycles. The van der Waals surface area contributed by atoms with E-state index in [2.05, 4.69) is 46.6 Å². The second kappa shape index (κ2) is 8.77. The van der Waals surface area contributed by atoms with Gasteiger partial charge in [-0.05, 0) is 61.5 Å². The van der Waals surface area contributed by atoms with Crippen molar-refractivity contribution in [3.05, 3.63) is 90.6 Å². The fourth-order valence-corrected chi connectivity index (χ4v) is 3.96. The van der Waals surface area contributed by atoms with Gasteiger partial charge < -0.3 is 15.6 Å². The standard InChI is InChI=1S/C27H19N9/c1-16-10-18(6-8-29-16)33-20-12-25-26(32-15-20)36-27(35-25)24-5-3-19(14-31-24)34-23-7-9-30-22-4-2-17(13-28)11-21(22)23/h2-12,14-15H,1H3,(H,29,33)(H,30,34)(H,32,35,36). The van der Waals surface area contributed by atoms with E-state index in [9.17, 15) is 5.26 Å². The zero-order valence-corrected chi connectivity index (χ0v) is 19.2. The Hall–Kier alpha value is -5.36. The van der Waals surface area contributed by atoms with E-state index in [-0.39, 0.29) is 0 Å². The number of aryl methyl sites for hydroxylation is 1. The third kappa shape index (κ3) is 4.15. The molecule has 0 aliphatic rings. The van der Waals surface area contributed by atoms with Crippen molar-refractivity contribution >= 4 is 44.8 Å². The van der Waals surface area contributed by atoms with E-state index in [1.54, 1.807) is 30.9 Å². The Morgan fingerprint density at radius 2 is 1.67 bits per heavy atom. The zero-order valence-electron chi connectivity index (χ0n) is 19.2. The Kier molecular flexibility index (Phi) is 5.16. The van der Waals surface area contributed by atoms with Gasteiger partial charge in [0.1, 0.15) is 11.2 Å². The Balaban J connectivity index is 1.24. The molecule has 6 rings (SSSR count). The highest BCUT2D eigenvalue weighted by Gasteiger charge is 2.10. The van der Waals surface area contributed by atoms with Crippen LogP contribution in [0.1, 0.15) is 11.3 Å². The molecular formula is C27H19N9. The van der Waals surface area contributed by atoms with Crippen LogP contribution in [0.15, 0.2) is 79.4 Å². The lowest BCUT2D eigenvalue weighted by molar-refractivity contribution is 1.20. The zero-order chi connectivity index (χ0) is 24.5. The summed E-state index contributed by atoms with van der Waals surface area (Å²) in [7, 11) is 0. The maximum Gasteiger partial charge on any atom is 0.158 e. The lowest BCUT2D eigenvalue weighted by Crippen LogP contribution is -1.95. The van der Waals surface area contributed by atoms with Crippen LogP contribution < -0.4 is 10.6 Å². The molecule has 36 heavy (non-hydrogen) atoms. The maximum absolute atomic E-state index is 9.24. The van der Waals surface area contributed by atoms with Gasteiger partial charge in [0.2, 0.25) is 0 Å². The molecule has 3 N–H and O–H groups in total. The van der Waals surface area contributed by atoms with Crippen molar-refractivity contribution < 1.29 is 0 Å². The maximum atomic E-state index is 9.24. The van der Waals surface area contributed by atoms with Crippen molar-refractivity contribution in [2.75, 3.05) is 10.6 Å². The van der Waals surface area contributed by atoms with E-state index >= 15 is 0 Å². The van der Waals surface area contributed by atoms with Gasteiger partial charge >= 0.3 is 0 Å². The molecule has 172 valence electrons. The van der Waals surface area contributed by atoms with Crippen LogP contribution in [-0.4, -0.2) is 29.9 Å². The van der Waals surface area contributed by atoms with E-state index in [1.165, 1.54) is 0 Å². The summed E-state index contributed by atoms with van der Waals surface area (Å²) in [5.74, 6) is 0.633. The third-order valence-electron chi connectivity index (χ3n) is 5.68. The van der Waals surface area contributed by atoms with Crippen molar-refractivity contribution in [2.24, 2.45) is 0 Å². The van der Waals surface area contributed by atoms with Gasteiger partial charge in [0.25, 0.3) is 0 Å². The second-order valence-corrected chi connectivity index (χ2v) is 8.25. The first kappa shape index (κ1) is 21.2. The molecule has 0 fully saturated rings. The van der Waals surface area contributed by atoms with Crippen LogP contribution in [-0.2, 0) is 0 Å². The number of aromatic amines is 1. The number of imidazole rings is 1. The molecule has 5 aromatic heterocycles. The molecule has 0 bridgehead atoms. The van der Waals surface area contributed by atoms with E-state index in [0.29, 0.717) is 22.7 Å². The number of anilines is 4. The normalized spacial score (nSPS) is 10.9. The Morgan fingerprint density at radius 1 is 0.778 bits per heavy atom. The Morgan fingerprint density at radius 3 is 2.50 bits per heavy atom. The monoisotopic (exact) mass is 469 g/mol. The second-order valence-electron chi connectivity index (χ2n) is 8.25. The molecule has 9 heteroatoms. The first-order valence-electron chi connectivity index (χ1n) is 11.2. The summed E-state index contributed by atoms with van der Waals surface area (Å²) in [6.07, 6.45) is 7.01. The summed E-state index contributed by atoms with van der Waals surface area (Å²) < 4.78 is 0. The Bertz CT molecular complexity index is 1770. The first-order chi connectivity index (χ1) is 17.6. The van der Waals surface area contributed by atoms with Gasteiger partial charge in [-0.25, -0.2) is 9.97 Å². The van der Waals surface area contributed by atoms with Crippen LogP contribution >= 0.6 is 0 Å². The fourth-order valence-electron chi connectivity index (χ4n) is 3.96. The predicted octanol–water partition coefficient (Wildman–Crippen LogP) is 5.63. The van der Waals surface area contributed by atoms with Crippen LogP contribution in [0.4, 0.5) is 22.7 Å². The largest absolute Gasteiger partial charge is 0.354 e. The molecule has 0 amide bonds. The highest BCUT2D eigenvalue weighted by Crippen LogP contribution is 2.27. The van der Waals surface area contributed by atoms with E-state index in [1.807, 2.05) is 55.5 Å². The summed E-state index contributed by atoms with van der Waals surface area (Å²) in [5, 5.41) is 16.8. The molecule has 0 aliphatic carbocycles. The summed E-state index contributed by atoms with van der Waals surface area (Å²) in [4.78, 5) is 25.6. The van der Waals surface area contributed by atoms with E-state index in [4.69, 9.17) is 0 Å². The fraction of sp³-hybridized carbons (Fsp3) is 0.0370. The molecule has 9 nitrogen and oxygen atoms in total. The molecule has 0 aliphatic heterocycles. The van der Waals surface area contributed by atoms with Crippen LogP contribution in [0, 0.1) is 18.3 Å². The number of nitrogens with one attached hydrogen (secondary N) is 3. The van der Waals surface area contributed by atoms with Gasteiger partial charge in [-0.1, -0.05) is 0 Å². The molecule has 0 spiro atoms. The SMILES string of the molecule is Cc1cc(Nc2cnc3[nH]c(-c4ccc(Nc5ccnc6ccc(C#N)cc56)cn4)nc3c2)ccn1. The molecule has 6 aromatic rings. The molecule has 1 aromatic carbocycles. The molecule has 0 unspecified atom stereocenters. The number of rotatable bonds is 5. The highest BCUT2D eigenvalue weighted by atomic mass is 15.0. The van der Waals surface area contributed by atoms with E-state index < -0.39 is 0 Å². The highest BCUT2D eigenvalue weighted by molar-refractivity contribution is 5.93. The third-order valence-corrected chi connectivity index (χ3v) is 5.68. The minimum absolute atomic E-state index is 0.583. The number of H-pyrrole nitrogens is 1. The summed E-state index contributed by atoms with van der Waals surface area (Å²) in [5.41, 5.74) is 7.88. The topological polar surface area (TPSA) is 128 Å². The number of nitrogens with zero attached hydrogens (tertiary/aromatic N) is 6. The average Bonchev–Trinajstić information content (AvgIpc) is 3.33. The van der Waals surface area contributed by atoms with Crippen molar-refractivity contribution in [3.8, 4) is 17.6 Å². The minimum Gasteiger partial charge on any atom is -0.354 e. The van der Waals surface area contributed by atoms with Crippen molar-refractivity contribution in [2.45, 2.75) is 6.92 Å². The molecule has 0 saturated carbocycles. The number of hydrogen-bond acceptors (Lipinski definition) is 8. The smallest absolute Gasteiger partial charge is 0.158 e. The van der Waals surface area contributed by atoms with Gasteiger partial charge in [-0.2, -0.15) is 5.26 Å². The Labute approximate surface area is 205 Å². The number of nitriles is 1.